The van der Waals surface area contributed by atoms with Gasteiger partial charge < -0.3 is 14.2 Å². The summed E-state index contributed by atoms with van der Waals surface area (Å²) in [6, 6.07) is 9.36. The van der Waals surface area contributed by atoms with E-state index in [0.29, 0.717) is 17.2 Å². The quantitative estimate of drug-likeness (QED) is 0.548. The summed E-state index contributed by atoms with van der Waals surface area (Å²) in [5.41, 5.74) is 5.34. The summed E-state index contributed by atoms with van der Waals surface area (Å²) in [7, 11) is 3.11. The number of carbonyl (C=O) groups is 1. The van der Waals surface area contributed by atoms with Crippen molar-refractivity contribution in [2.45, 2.75) is 13.8 Å². The molecule has 26 heavy (non-hydrogen) atoms. The summed E-state index contributed by atoms with van der Waals surface area (Å²) in [5, 5.41) is 3.94. The number of carbonyl (C=O) groups excluding carboxylic acids is 1. The minimum atomic E-state index is -0.347. The van der Waals surface area contributed by atoms with Crippen LogP contribution in [0.1, 0.15) is 16.7 Å². The van der Waals surface area contributed by atoms with E-state index in [9.17, 15) is 4.79 Å². The van der Waals surface area contributed by atoms with Gasteiger partial charge >= 0.3 is 0 Å². The van der Waals surface area contributed by atoms with Crippen LogP contribution in [0.25, 0.3) is 0 Å². The van der Waals surface area contributed by atoms with Crippen LogP contribution in [0.4, 0.5) is 0 Å². The van der Waals surface area contributed by atoms with E-state index in [2.05, 4.69) is 26.5 Å². The van der Waals surface area contributed by atoms with Crippen LogP contribution in [0.3, 0.4) is 0 Å². The second-order valence-electron chi connectivity index (χ2n) is 5.64. The summed E-state index contributed by atoms with van der Waals surface area (Å²) in [6.07, 6.45) is 1.52. The molecule has 2 rings (SSSR count). The van der Waals surface area contributed by atoms with E-state index in [-0.39, 0.29) is 12.5 Å². The zero-order valence-corrected chi connectivity index (χ0v) is 16.7. The Morgan fingerprint density at radius 3 is 2.42 bits per heavy atom. The molecule has 0 fully saturated rings. The van der Waals surface area contributed by atoms with E-state index in [4.69, 9.17) is 14.2 Å². The highest BCUT2D eigenvalue weighted by Gasteiger charge is 2.09. The topological polar surface area (TPSA) is 69.2 Å². The van der Waals surface area contributed by atoms with Crippen LogP contribution in [0.2, 0.25) is 0 Å². The molecule has 7 heteroatoms. The van der Waals surface area contributed by atoms with Crippen molar-refractivity contribution < 1.29 is 19.0 Å². The number of hydrogen-bond acceptors (Lipinski definition) is 5. The molecule has 0 aromatic heterocycles. The van der Waals surface area contributed by atoms with Crippen molar-refractivity contribution in [1.82, 2.24) is 5.43 Å². The third-order valence-electron chi connectivity index (χ3n) is 3.42. The van der Waals surface area contributed by atoms with Crippen LogP contribution in [0, 0.1) is 13.8 Å². The van der Waals surface area contributed by atoms with Gasteiger partial charge in [0.15, 0.2) is 18.1 Å². The van der Waals surface area contributed by atoms with Gasteiger partial charge in [0.1, 0.15) is 5.75 Å². The van der Waals surface area contributed by atoms with Crippen molar-refractivity contribution in [3.63, 3.8) is 0 Å². The number of nitrogens with one attached hydrogen (secondary N) is 1. The molecule has 0 aliphatic carbocycles. The Morgan fingerprint density at radius 2 is 1.81 bits per heavy atom. The molecule has 0 bridgehead atoms. The van der Waals surface area contributed by atoms with Crippen molar-refractivity contribution in [1.29, 1.82) is 0 Å². The van der Waals surface area contributed by atoms with Crippen LogP contribution in [0.15, 0.2) is 39.9 Å². The predicted octanol–water partition coefficient (Wildman–Crippen LogP) is 3.61. The lowest BCUT2D eigenvalue weighted by atomic mass is 10.1. The highest BCUT2D eigenvalue weighted by atomic mass is 79.9. The van der Waals surface area contributed by atoms with E-state index in [1.807, 2.05) is 38.1 Å². The highest BCUT2D eigenvalue weighted by Crippen LogP contribution is 2.35. The van der Waals surface area contributed by atoms with Crippen molar-refractivity contribution >= 4 is 28.1 Å². The van der Waals surface area contributed by atoms with Gasteiger partial charge in [0.25, 0.3) is 5.91 Å². The number of amides is 1. The van der Waals surface area contributed by atoms with Gasteiger partial charge in [0.2, 0.25) is 0 Å². The Hall–Kier alpha value is -2.54. The molecular formula is C19H21BrN2O4. The van der Waals surface area contributed by atoms with Crippen molar-refractivity contribution in [2.75, 3.05) is 20.8 Å². The average Bonchev–Trinajstić information content (AvgIpc) is 2.58. The summed E-state index contributed by atoms with van der Waals surface area (Å²) < 4.78 is 16.7. The molecule has 6 nitrogen and oxygen atoms in total. The Bertz CT molecular complexity index is 801. The zero-order chi connectivity index (χ0) is 19.1. The van der Waals surface area contributed by atoms with Gasteiger partial charge in [-0.1, -0.05) is 6.07 Å². The summed E-state index contributed by atoms with van der Waals surface area (Å²) >= 11 is 3.41. The van der Waals surface area contributed by atoms with Crippen molar-refractivity contribution in [3.8, 4) is 17.2 Å². The third-order valence-corrected chi connectivity index (χ3v) is 4.01. The SMILES string of the molecule is COc1cc(/C=N/NC(=O)COc2cc(C)cc(C)c2)cc(Br)c1OC. The van der Waals surface area contributed by atoms with Gasteiger partial charge in [-0.25, -0.2) is 5.43 Å². The molecule has 0 radical (unpaired) electrons. The first kappa shape index (κ1) is 19.8. The standard InChI is InChI=1S/C19H21BrN2O4/c1-12-5-13(2)7-15(6-12)26-11-18(23)22-21-10-14-8-16(20)19(25-4)17(9-14)24-3/h5-10H,11H2,1-4H3,(H,22,23)/b21-10+. The van der Waals surface area contributed by atoms with Crippen molar-refractivity contribution in [2.24, 2.45) is 5.10 Å². The lowest BCUT2D eigenvalue weighted by Gasteiger charge is -2.10. The minimum absolute atomic E-state index is 0.115. The number of benzene rings is 2. The first-order valence-corrected chi connectivity index (χ1v) is 8.66. The largest absolute Gasteiger partial charge is 0.493 e. The van der Waals surface area contributed by atoms with Gasteiger partial charge in [-0.05, 0) is 70.7 Å². The molecule has 2 aromatic rings. The van der Waals surface area contributed by atoms with E-state index in [0.717, 1.165) is 21.2 Å². The second kappa shape index (κ2) is 9.24. The molecule has 0 aliphatic rings. The van der Waals surface area contributed by atoms with Gasteiger partial charge in [-0.2, -0.15) is 5.10 Å². The maximum absolute atomic E-state index is 11.9. The van der Waals surface area contributed by atoms with Crippen LogP contribution < -0.4 is 19.6 Å². The van der Waals surface area contributed by atoms with Gasteiger partial charge in [0, 0.05) is 0 Å². The molecular weight excluding hydrogens is 400 g/mol. The van der Waals surface area contributed by atoms with Crippen LogP contribution >= 0.6 is 15.9 Å². The second-order valence-corrected chi connectivity index (χ2v) is 6.50. The molecule has 138 valence electrons. The molecule has 0 spiro atoms. The van der Waals surface area contributed by atoms with Gasteiger partial charge in [0.05, 0.1) is 24.9 Å². The molecule has 0 aliphatic heterocycles. The summed E-state index contributed by atoms with van der Waals surface area (Å²) in [5.74, 6) is 1.47. The Morgan fingerprint density at radius 1 is 1.12 bits per heavy atom. The fraction of sp³-hybridized carbons (Fsp3) is 0.263. The zero-order valence-electron chi connectivity index (χ0n) is 15.1. The number of hydrazone groups is 1. The predicted molar refractivity (Wildman–Crippen MR) is 104 cm³/mol. The lowest BCUT2D eigenvalue weighted by molar-refractivity contribution is -0.123. The first-order chi connectivity index (χ1) is 12.4. The molecule has 0 heterocycles. The number of rotatable bonds is 7. The smallest absolute Gasteiger partial charge is 0.277 e. The minimum Gasteiger partial charge on any atom is -0.493 e. The van der Waals surface area contributed by atoms with E-state index in [1.54, 1.807) is 20.3 Å². The van der Waals surface area contributed by atoms with E-state index in [1.165, 1.54) is 6.21 Å². The number of ether oxygens (including phenoxy) is 3. The molecule has 0 unspecified atom stereocenters. The fourth-order valence-corrected chi connectivity index (χ4v) is 3.01. The Labute approximate surface area is 161 Å². The Balaban J connectivity index is 1.93. The van der Waals surface area contributed by atoms with E-state index >= 15 is 0 Å². The molecule has 0 saturated carbocycles. The third kappa shape index (κ3) is 5.49. The van der Waals surface area contributed by atoms with Gasteiger partial charge in [-0.3, -0.25) is 4.79 Å². The summed E-state index contributed by atoms with van der Waals surface area (Å²) in [4.78, 5) is 11.9. The monoisotopic (exact) mass is 420 g/mol. The lowest BCUT2D eigenvalue weighted by Crippen LogP contribution is -2.24. The van der Waals surface area contributed by atoms with Crippen LogP contribution in [-0.4, -0.2) is 32.9 Å². The molecule has 0 saturated heterocycles. The number of aryl methyl sites for hydroxylation is 2. The van der Waals surface area contributed by atoms with E-state index < -0.39 is 0 Å². The number of methoxy groups -OCH3 is 2. The molecule has 1 N–H and O–H groups in total. The average molecular weight is 421 g/mol. The summed E-state index contributed by atoms with van der Waals surface area (Å²) in [6.45, 7) is 3.84. The highest BCUT2D eigenvalue weighted by molar-refractivity contribution is 9.10. The first-order valence-electron chi connectivity index (χ1n) is 7.87. The normalized spacial score (nSPS) is 10.7. The molecule has 0 atom stereocenters. The maximum atomic E-state index is 11.9. The Kier molecular flexibility index (Phi) is 7.03. The van der Waals surface area contributed by atoms with Crippen LogP contribution in [0.5, 0.6) is 17.2 Å². The maximum Gasteiger partial charge on any atom is 0.277 e. The molecule has 1 amide bonds. The van der Waals surface area contributed by atoms with Gasteiger partial charge in [-0.15, -0.1) is 0 Å². The van der Waals surface area contributed by atoms with Crippen LogP contribution in [-0.2, 0) is 4.79 Å². The van der Waals surface area contributed by atoms with Crippen molar-refractivity contribution in [3.05, 3.63) is 51.5 Å². The number of nitrogens with zero attached hydrogens (tertiary/aromatic N) is 1. The number of hydrogen-bond donors (Lipinski definition) is 1. The molecule has 2 aromatic carbocycles. The number of halogens is 1. The fourth-order valence-electron chi connectivity index (χ4n) is 2.39.